The Kier molecular flexibility index (Phi) is 6.56. The Bertz CT molecular complexity index is 845. The largest absolute Gasteiger partial charge is 0.386 e. The highest BCUT2D eigenvalue weighted by molar-refractivity contribution is 5.76. The number of benzene rings is 1. The molecular formula is C21H23FN4O2. The first-order chi connectivity index (χ1) is 13.6. The fraction of sp³-hybridized carbons (Fsp3) is 0.381. The van der Waals surface area contributed by atoms with Crippen molar-refractivity contribution >= 4 is 11.6 Å². The summed E-state index contributed by atoms with van der Waals surface area (Å²) in [6.07, 6.45) is 2.39. The molecule has 0 bridgehead atoms. The lowest BCUT2D eigenvalue weighted by Crippen LogP contribution is -2.39. The zero-order valence-corrected chi connectivity index (χ0v) is 15.5. The zero-order chi connectivity index (χ0) is 19.9. The molecule has 6 nitrogen and oxygen atoms in total. The molecular weight excluding hydrogens is 359 g/mol. The summed E-state index contributed by atoms with van der Waals surface area (Å²) in [5.41, 5.74) is 1.58. The summed E-state index contributed by atoms with van der Waals surface area (Å²) in [4.78, 5) is 18.2. The highest BCUT2D eigenvalue weighted by Gasteiger charge is 2.22. The van der Waals surface area contributed by atoms with Gasteiger partial charge < -0.3 is 15.3 Å². The summed E-state index contributed by atoms with van der Waals surface area (Å²) in [6.45, 7) is 2.05. The third kappa shape index (κ3) is 5.05. The number of nitrogens with zero attached hydrogens (tertiary/aromatic N) is 3. The van der Waals surface area contributed by atoms with Gasteiger partial charge in [-0.15, -0.1) is 0 Å². The molecule has 28 heavy (non-hydrogen) atoms. The normalized spacial score (nSPS) is 15.7. The zero-order valence-electron chi connectivity index (χ0n) is 15.5. The van der Waals surface area contributed by atoms with Crippen LogP contribution in [0.5, 0.6) is 0 Å². The minimum absolute atomic E-state index is 0.0169. The predicted molar refractivity (Wildman–Crippen MR) is 103 cm³/mol. The number of aliphatic hydroxyl groups is 1. The number of halogens is 1. The Labute approximate surface area is 163 Å². The fourth-order valence-corrected chi connectivity index (χ4v) is 3.44. The topological polar surface area (TPSA) is 89.2 Å². The number of aliphatic hydroxyl groups excluding tert-OH is 1. The van der Waals surface area contributed by atoms with Crippen LogP contribution in [0.4, 0.5) is 10.1 Å². The van der Waals surface area contributed by atoms with Gasteiger partial charge in [-0.25, -0.2) is 4.39 Å². The first kappa shape index (κ1) is 19.8. The minimum Gasteiger partial charge on any atom is -0.386 e. The van der Waals surface area contributed by atoms with Gasteiger partial charge in [0.05, 0.1) is 23.4 Å². The molecule has 2 N–H and O–H groups in total. The molecule has 7 heteroatoms. The molecule has 1 atom stereocenters. The average Bonchev–Trinajstić information content (AvgIpc) is 2.73. The SMILES string of the molecule is N#Cc1cc(F)ccc1N1CCC(CNC(=O)C[C@@H](O)c2ccccn2)CC1. The molecule has 1 aromatic carbocycles. The summed E-state index contributed by atoms with van der Waals surface area (Å²) >= 11 is 0. The lowest BCUT2D eigenvalue weighted by Gasteiger charge is -2.34. The van der Waals surface area contributed by atoms with Crippen molar-refractivity contribution in [1.29, 1.82) is 5.26 Å². The van der Waals surface area contributed by atoms with Crippen molar-refractivity contribution in [3.63, 3.8) is 0 Å². The van der Waals surface area contributed by atoms with E-state index in [-0.39, 0.29) is 12.3 Å². The number of aromatic nitrogens is 1. The molecule has 1 aliphatic heterocycles. The van der Waals surface area contributed by atoms with Gasteiger partial charge in [0.25, 0.3) is 0 Å². The van der Waals surface area contributed by atoms with Crippen LogP contribution in [0.15, 0.2) is 42.6 Å². The number of pyridine rings is 1. The minimum atomic E-state index is -0.911. The van der Waals surface area contributed by atoms with E-state index in [0.717, 1.165) is 31.6 Å². The Morgan fingerprint density at radius 1 is 1.36 bits per heavy atom. The van der Waals surface area contributed by atoms with Gasteiger partial charge >= 0.3 is 0 Å². The van der Waals surface area contributed by atoms with E-state index < -0.39 is 11.9 Å². The molecule has 0 unspecified atom stereocenters. The van der Waals surface area contributed by atoms with Gasteiger partial charge in [-0.2, -0.15) is 5.26 Å². The summed E-state index contributed by atoms with van der Waals surface area (Å²) in [7, 11) is 0. The maximum atomic E-state index is 13.3. The fourth-order valence-electron chi connectivity index (χ4n) is 3.44. The van der Waals surface area contributed by atoms with Crippen LogP contribution < -0.4 is 10.2 Å². The monoisotopic (exact) mass is 382 g/mol. The van der Waals surface area contributed by atoms with Crippen LogP contribution >= 0.6 is 0 Å². The van der Waals surface area contributed by atoms with Crippen molar-refractivity contribution in [3.8, 4) is 6.07 Å². The van der Waals surface area contributed by atoms with Gasteiger partial charge in [-0.1, -0.05) is 6.07 Å². The van der Waals surface area contributed by atoms with Gasteiger partial charge in [-0.3, -0.25) is 9.78 Å². The van der Waals surface area contributed by atoms with Gasteiger partial charge in [0, 0.05) is 25.8 Å². The molecule has 1 fully saturated rings. The molecule has 1 aromatic heterocycles. The van der Waals surface area contributed by atoms with Gasteiger partial charge in [0.15, 0.2) is 0 Å². The van der Waals surface area contributed by atoms with Gasteiger partial charge in [-0.05, 0) is 49.1 Å². The van der Waals surface area contributed by atoms with E-state index in [9.17, 15) is 19.6 Å². The molecule has 1 saturated heterocycles. The number of piperidine rings is 1. The second-order valence-corrected chi connectivity index (χ2v) is 6.98. The van der Waals surface area contributed by atoms with Gasteiger partial charge in [0.1, 0.15) is 18.0 Å². The van der Waals surface area contributed by atoms with Crippen LogP contribution in [-0.2, 0) is 4.79 Å². The van der Waals surface area contributed by atoms with E-state index in [2.05, 4.69) is 15.2 Å². The third-order valence-electron chi connectivity index (χ3n) is 5.03. The number of anilines is 1. The number of carbonyl (C=O) groups is 1. The van der Waals surface area contributed by atoms with Crippen LogP contribution in [0, 0.1) is 23.1 Å². The molecule has 2 aromatic rings. The number of nitrogens with one attached hydrogen (secondary N) is 1. The lowest BCUT2D eigenvalue weighted by atomic mass is 9.95. The van der Waals surface area contributed by atoms with E-state index in [1.54, 1.807) is 30.5 Å². The van der Waals surface area contributed by atoms with Crippen LogP contribution in [0.2, 0.25) is 0 Å². The summed E-state index contributed by atoms with van der Waals surface area (Å²) < 4.78 is 13.3. The van der Waals surface area contributed by atoms with Crippen LogP contribution in [0.1, 0.15) is 36.6 Å². The quantitative estimate of drug-likeness (QED) is 0.801. The van der Waals surface area contributed by atoms with Gasteiger partial charge in [0.2, 0.25) is 5.91 Å². The second kappa shape index (κ2) is 9.29. The van der Waals surface area contributed by atoms with Crippen LogP contribution in [0.25, 0.3) is 0 Å². The first-order valence-corrected chi connectivity index (χ1v) is 9.37. The number of hydrogen-bond acceptors (Lipinski definition) is 5. The first-order valence-electron chi connectivity index (χ1n) is 9.37. The molecule has 0 saturated carbocycles. The highest BCUT2D eigenvalue weighted by atomic mass is 19.1. The van der Waals surface area contributed by atoms with E-state index in [4.69, 9.17) is 0 Å². The van der Waals surface area contributed by atoms with E-state index in [1.807, 2.05) is 6.07 Å². The lowest BCUT2D eigenvalue weighted by molar-refractivity contribution is -0.123. The summed E-state index contributed by atoms with van der Waals surface area (Å²) in [6, 6.07) is 11.6. The second-order valence-electron chi connectivity index (χ2n) is 6.98. The van der Waals surface area contributed by atoms with Crippen LogP contribution in [0.3, 0.4) is 0 Å². The number of carbonyl (C=O) groups excluding carboxylic acids is 1. The molecule has 2 heterocycles. The predicted octanol–water partition coefficient (Wildman–Crippen LogP) is 2.55. The summed E-state index contributed by atoms with van der Waals surface area (Å²) in [5.74, 6) is -0.283. The molecule has 146 valence electrons. The van der Waals surface area contributed by atoms with Crippen molar-refractivity contribution in [1.82, 2.24) is 10.3 Å². The molecule has 1 amide bonds. The Balaban J connectivity index is 1.45. The molecule has 0 spiro atoms. The maximum absolute atomic E-state index is 13.3. The number of nitriles is 1. The maximum Gasteiger partial charge on any atom is 0.223 e. The van der Waals surface area contributed by atoms with E-state index in [0.29, 0.717) is 23.7 Å². The number of rotatable bonds is 6. The molecule has 3 rings (SSSR count). The molecule has 1 aliphatic rings. The molecule has 0 radical (unpaired) electrons. The smallest absolute Gasteiger partial charge is 0.223 e. The van der Waals surface area contributed by atoms with E-state index >= 15 is 0 Å². The summed E-state index contributed by atoms with van der Waals surface area (Å²) in [5, 5.41) is 22.2. The van der Waals surface area contributed by atoms with Crippen molar-refractivity contribution in [2.45, 2.75) is 25.4 Å². The number of amides is 1. The number of hydrogen-bond donors (Lipinski definition) is 2. The van der Waals surface area contributed by atoms with Crippen molar-refractivity contribution in [2.24, 2.45) is 5.92 Å². The van der Waals surface area contributed by atoms with E-state index in [1.165, 1.54) is 12.1 Å². The highest BCUT2D eigenvalue weighted by Crippen LogP contribution is 2.26. The molecule has 0 aliphatic carbocycles. The third-order valence-corrected chi connectivity index (χ3v) is 5.03. The van der Waals surface area contributed by atoms with Crippen molar-refractivity contribution < 1.29 is 14.3 Å². The van der Waals surface area contributed by atoms with Crippen molar-refractivity contribution in [3.05, 3.63) is 59.7 Å². The van der Waals surface area contributed by atoms with Crippen LogP contribution in [-0.4, -0.2) is 35.6 Å². The Hall–Kier alpha value is -2.98. The standard InChI is InChI=1S/C21H23FN4O2/c22-17-4-5-19(16(11-17)13-23)26-9-6-15(7-10-26)14-25-21(28)12-20(27)18-3-1-2-8-24-18/h1-5,8,11,15,20,27H,6-7,9-10,12,14H2,(H,25,28)/t20-/m1/s1. The average molecular weight is 382 g/mol. The van der Waals surface area contributed by atoms with Crippen molar-refractivity contribution in [2.75, 3.05) is 24.5 Å². The Morgan fingerprint density at radius 3 is 2.82 bits per heavy atom. The Morgan fingerprint density at radius 2 is 2.14 bits per heavy atom.